The van der Waals surface area contributed by atoms with Crippen LogP contribution in [0.1, 0.15) is 55.9 Å². The number of amides is 1. The first-order valence-electron chi connectivity index (χ1n) is 9.97. The second-order valence-electron chi connectivity index (χ2n) is 8.02. The van der Waals surface area contributed by atoms with Crippen LogP contribution in [0.4, 0.5) is 4.39 Å². The molecule has 1 amide bonds. The molecule has 1 N–H and O–H groups in total. The first-order chi connectivity index (χ1) is 14.2. The number of esters is 1. The zero-order chi connectivity index (χ0) is 22.1. The van der Waals surface area contributed by atoms with E-state index in [2.05, 4.69) is 16.5 Å². The summed E-state index contributed by atoms with van der Waals surface area (Å²) in [6.07, 6.45) is 1.22. The van der Waals surface area contributed by atoms with Crippen LogP contribution in [0.2, 0.25) is 0 Å². The number of halogens is 1. The lowest BCUT2D eigenvalue weighted by Crippen LogP contribution is -2.52. The molecule has 8 heteroatoms. The highest BCUT2D eigenvalue weighted by Crippen LogP contribution is 2.28. The number of nitriles is 1. The van der Waals surface area contributed by atoms with Gasteiger partial charge in [0, 0.05) is 11.3 Å². The van der Waals surface area contributed by atoms with Crippen LogP contribution in [-0.4, -0.2) is 33.3 Å². The van der Waals surface area contributed by atoms with Crippen molar-refractivity contribution in [2.75, 3.05) is 0 Å². The van der Waals surface area contributed by atoms with E-state index >= 15 is 0 Å². The minimum Gasteiger partial charge on any atom is -0.448 e. The van der Waals surface area contributed by atoms with E-state index in [1.54, 1.807) is 23.7 Å². The van der Waals surface area contributed by atoms with Gasteiger partial charge in [-0.05, 0) is 63.3 Å². The molecule has 1 aromatic heterocycles. The fourth-order valence-corrected chi connectivity index (χ4v) is 3.33. The quantitative estimate of drug-likeness (QED) is 0.736. The minimum atomic E-state index is -1.09. The smallest absolute Gasteiger partial charge is 0.359 e. The number of benzene rings is 1. The molecule has 3 rings (SSSR count). The van der Waals surface area contributed by atoms with Crippen molar-refractivity contribution in [1.82, 2.24) is 15.1 Å². The molecule has 0 bridgehead atoms. The van der Waals surface area contributed by atoms with E-state index in [1.165, 1.54) is 19.1 Å². The fourth-order valence-electron chi connectivity index (χ4n) is 3.33. The van der Waals surface area contributed by atoms with Crippen molar-refractivity contribution in [3.63, 3.8) is 0 Å². The molecule has 0 aliphatic heterocycles. The first kappa shape index (κ1) is 21.5. The van der Waals surface area contributed by atoms with Gasteiger partial charge in [0.2, 0.25) is 0 Å². The van der Waals surface area contributed by atoms with Gasteiger partial charge >= 0.3 is 5.97 Å². The van der Waals surface area contributed by atoms with E-state index in [4.69, 9.17) is 4.74 Å². The van der Waals surface area contributed by atoms with Gasteiger partial charge in [-0.2, -0.15) is 10.4 Å². The van der Waals surface area contributed by atoms with Gasteiger partial charge in [0.25, 0.3) is 5.91 Å². The molecule has 1 aliphatic rings. The number of fused-ring (bicyclic) bond motifs is 1. The molecule has 1 aliphatic carbocycles. The van der Waals surface area contributed by atoms with Gasteiger partial charge in [-0.15, -0.1) is 0 Å². The maximum absolute atomic E-state index is 13.3. The van der Waals surface area contributed by atoms with Crippen LogP contribution in [0.3, 0.4) is 0 Å². The zero-order valence-corrected chi connectivity index (χ0v) is 17.5. The molecule has 0 radical (unpaired) electrons. The predicted molar refractivity (Wildman–Crippen MR) is 107 cm³/mol. The lowest BCUT2D eigenvalue weighted by molar-refractivity contribution is -0.130. The number of nitrogens with zero attached hydrogens (tertiary/aromatic N) is 3. The molecule has 0 saturated heterocycles. The van der Waals surface area contributed by atoms with E-state index in [-0.39, 0.29) is 17.4 Å². The third-order valence-corrected chi connectivity index (χ3v) is 5.62. The van der Waals surface area contributed by atoms with Crippen LogP contribution < -0.4 is 5.32 Å². The Morgan fingerprint density at radius 2 is 1.93 bits per heavy atom. The van der Waals surface area contributed by atoms with E-state index < -0.39 is 23.5 Å². The highest BCUT2D eigenvalue weighted by Gasteiger charge is 2.34. The molecule has 1 aromatic carbocycles. The van der Waals surface area contributed by atoms with Crippen molar-refractivity contribution < 1.29 is 18.7 Å². The summed E-state index contributed by atoms with van der Waals surface area (Å²) < 4.78 is 20.3. The Labute approximate surface area is 174 Å². The normalized spacial score (nSPS) is 15.8. The highest BCUT2D eigenvalue weighted by atomic mass is 19.1. The third-order valence-electron chi connectivity index (χ3n) is 5.62. The summed E-state index contributed by atoms with van der Waals surface area (Å²) in [6, 6.07) is 7.96. The summed E-state index contributed by atoms with van der Waals surface area (Å²) in [5.41, 5.74) is 1.44. The first-order valence-corrected chi connectivity index (χ1v) is 9.97. The predicted octanol–water partition coefficient (Wildman–Crippen LogP) is 3.10. The van der Waals surface area contributed by atoms with Gasteiger partial charge in [0.1, 0.15) is 11.4 Å². The Hall–Kier alpha value is -3.21. The van der Waals surface area contributed by atoms with Crippen LogP contribution in [0.5, 0.6) is 0 Å². The van der Waals surface area contributed by atoms with Crippen LogP contribution in [-0.2, 0) is 22.4 Å². The molecule has 0 spiro atoms. The average molecular weight is 412 g/mol. The topological polar surface area (TPSA) is 97.0 Å². The Bertz CT molecular complexity index is 1010. The molecule has 30 heavy (non-hydrogen) atoms. The van der Waals surface area contributed by atoms with Crippen molar-refractivity contribution in [3.8, 4) is 11.8 Å². The van der Waals surface area contributed by atoms with Crippen molar-refractivity contribution in [3.05, 3.63) is 47.0 Å². The van der Waals surface area contributed by atoms with Gasteiger partial charge in [0.15, 0.2) is 11.8 Å². The van der Waals surface area contributed by atoms with Crippen LogP contribution >= 0.6 is 0 Å². The van der Waals surface area contributed by atoms with E-state index in [1.807, 2.05) is 13.8 Å². The van der Waals surface area contributed by atoms with Gasteiger partial charge in [-0.1, -0.05) is 13.8 Å². The average Bonchev–Trinajstić information content (AvgIpc) is 3.31. The lowest BCUT2D eigenvalue weighted by atomic mass is 9.90. The van der Waals surface area contributed by atoms with Crippen molar-refractivity contribution in [2.45, 2.75) is 58.6 Å². The molecular weight excluding hydrogens is 387 g/mol. The number of ether oxygens (including phenoxy) is 1. The summed E-state index contributed by atoms with van der Waals surface area (Å²) in [7, 11) is 0. The standard InChI is InChI=1S/C22H25FN4O3/c1-13(2)22(4,12-24)25-20(28)14(3)30-21(29)19-17-6-5-7-18(17)27(26-19)16-10-8-15(23)9-11-16/h8-11,13-14H,5-7H2,1-4H3,(H,25,28)/t14-,22+/m0/s1. The molecule has 7 nitrogen and oxygen atoms in total. The molecule has 2 aromatic rings. The molecule has 0 fully saturated rings. The Morgan fingerprint density at radius 3 is 2.53 bits per heavy atom. The van der Waals surface area contributed by atoms with E-state index in [0.29, 0.717) is 12.1 Å². The molecule has 0 saturated carbocycles. The maximum Gasteiger partial charge on any atom is 0.359 e. The van der Waals surface area contributed by atoms with Gasteiger partial charge < -0.3 is 10.1 Å². The van der Waals surface area contributed by atoms with Crippen molar-refractivity contribution in [2.24, 2.45) is 5.92 Å². The second kappa shape index (κ2) is 8.27. The molecular formula is C22H25FN4O3. The number of nitrogens with one attached hydrogen (secondary N) is 1. The Kier molecular flexibility index (Phi) is 5.92. The SMILES string of the molecule is CC(C)[C@@](C)(C#N)NC(=O)[C@H](C)OC(=O)c1nn(-c2ccc(F)cc2)c2c1CCC2. The number of hydrogen-bond acceptors (Lipinski definition) is 5. The number of carbonyl (C=O) groups excluding carboxylic acids is 2. The van der Waals surface area contributed by atoms with Crippen molar-refractivity contribution in [1.29, 1.82) is 5.26 Å². The molecule has 0 unspecified atom stereocenters. The van der Waals surface area contributed by atoms with Crippen LogP contribution in [0.15, 0.2) is 24.3 Å². The van der Waals surface area contributed by atoms with Gasteiger partial charge in [0.05, 0.1) is 11.8 Å². The Balaban J connectivity index is 1.79. The second-order valence-corrected chi connectivity index (χ2v) is 8.02. The van der Waals surface area contributed by atoms with Gasteiger partial charge in [-0.3, -0.25) is 4.79 Å². The highest BCUT2D eigenvalue weighted by molar-refractivity contribution is 5.92. The largest absolute Gasteiger partial charge is 0.448 e. The molecule has 2 atom stereocenters. The molecule has 1 heterocycles. The van der Waals surface area contributed by atoms with Gasteiger partial charge in [-0.25, -0.2) is 13.9 Å². The van der Waals surface area contributed by atoms with E-state index in [0.717, 1.165) is 24.1 Å². The monoisotopic (exact) mass is 412 g/mol. The maximum atomic E-state index is 13.3. The summed E-state index contributed by atoms with van der Waals surface area (Å²) in [6.45, 7) is 6.74. The summed E-state index contributed by atoms with van der Waals surface area (Å²) >= 11 is 0. The summed E-state index contributed by atoms with van der Waals surface area (Å²) in [5.74, 6) is -1.72. The molecule has 158 valence electrons. The number of rotatable bonds is 6. The van der Waals surface area contributed by atoms with Crippen molar-refractivity contribution >= 4 is 11.9 Å². The van der Waals surface area contributed by atoms with Crippen LogP contribution in [0, 0.1) is 23.1 Å². The number of hydrogen-bond donors (Lipinski definition) is 1. The van der Waals surface area contributed by atoms with E-state index in [9.17, 15) is 19.2 Å². The zero-order valence-electron chi connectivity index (χ0n) is 17.5. The minimum absolute atomic E-state index is 0.121. The number of carbonyl (C=O) groups is 2. The lowest BCUT2D eigenvalue weighted by Gasteiger charge is -2.28. The summed E-state index contributed by atoms with van der Waals surface area (Å²) in [4.78, 5) is 25.3. The Morgan fingerprint density at radius 1 is 1.27 bits per heavy atom. The number of aromatic nitrogens is 2. The van der Waals surface area contributed by atoms with Crippen LogP contribution in [0.25, 0.3) is 5.69 Å². The fraction of sp³-hybridized carbons (Fsp3) is 0.455. The third kappa shape index (κ3) is 4.06. The summed E-state index contributed by atoms with van der Waals surface area (Å²) in [5, 5.41) is 16.4.